The van der Waals surface area contributed by atoms with E-state index in [2.05, 4.69) is 10.4 Å². The van der Waals surface area contributed by atoms with Crippen LogP contribution in [-0.2, 0) is 16.8 Å². The van der Waals surface area contributed by atoms with Crippen LogP contribution < -0.4 is 5.32 Å². The molecule has 22 heavy (non-hydrogen) atoms. The molecule has 0 bridgehead atoms. The summed E-state index contributed by atoms with van der Waals surface area (Å²) in [6, 6.07) is 7.37. The smallest absolute Gasteiger partial charge is 0.331 e. The van der Waals surface area contributed by atoms with E-state index >= 15 is 0 Å². The van der Waals surface area contributed by atoms with Crippen molar-refractivity contribution in [3.05, 3.63) is 47.8 Å². The number of aryl methyl sites for hydroxylation is 1. The second-order valence-electron chi connectivity index (χ2n) is 5.50. The largest absolute Gasteiger partial charge is 0.479 e. The van der Waals surface area contributed by atoms with Crippen LogP contribution in [0.1, 0.15) is 36.7 Å². The summed E-state index contributed by atoms with van der Waals surface area (Å²) in [6.07, 6.45) is 3.71. The standard InChI is InChI=1S/C16H19N3O3/c1-4-11-7-5-6-8-13(11)14(20)18-12-9-17-19(10-12)16(2,3)15(21)22/h5-10H,4H2,1-3H3,(H,18,20)(H,21,22). The van der Waals surface area contributed by atoms with Crippen molar-refractivity contribution in [1.29, 1.82) is 0 Å². The highest BCUT2D eigenvalue weighted by atomic mass is 16.4. The van der Waals surface area contributed by atoms with Crippen molar-refractivity contribution in [2.45, 2.75) is 32.7 Å². The van der Waals surface area contributed by atoms with E-state index in [1.165, 1.54) is 17.1 Å². The van der Waals surface area contributed by atoms with Crippen LogP contribution >= 0.6 is 0 Å². The fourth-order valence-corrected chi connectivity index (χ4v) is 2.04. The van der Waals surface area contributed by atoms with Crippen molar-refractivity contribution in [2.75, 3.05) is 5.32 Å². The number of benzene rings is 1. The van der Waals surface area contributed by atoms with Crippen molar-refractivity contribution in [3.63, 3.8) is 0 Å². The summed E-state index contributed by atoms with van der Waals surface area (Å²) >= 11 is 0. The fourth-order valence-electron chi connectivity index (χ4n) is 2.04. The van der Waals surface area contributed by atoms with Gasteiger partial charge in [0.25, 0.3) is 5.91 Å². The van der Waals surface area contributed by atoms with E-state index in [4.69, 9.17) is 0 Å². The van der Waals surface area contributed by atoms with Gasteiger partial charge in [-0.05, 0) is 31.9 Å². The summed E-state index contributed by atoms with van der Waals surface area (Å²) in [6.45, 7) is 5.07. The van der Waals surface area contributed by atoms with Crippen molar-refractivity contribution in [3.8, 4) is 0 Å². The Morgan fingerprint density at radius 1 is 1.32 bits per heavy atom. The van der Waals surface area contributed by atoms with Crippen LogP contribution in [0.3, 0.4) is 0 Å². The Morgan fingerprint density at radius 3 is 2.64 bits per heavy atom. The maximum atomic E-state index is 12.3. The maximum absolute atomic E-state index is 12.3. The maximum Gasteiger partial charge on any atom is 0.331 e. The number of aliphatic carboxylic acids is 1. The van der Waals surface area contributed by atoms with Gasteiger partial charge < -0.3 is 10.4 Å². The zero-order valence-corrected chi connectivity index (χ0v) is 12.8. The molecule has 2 aromatic rings. The number of rotatable bonds is 5. The second-order valence-corrected chi connectivity index (χ2v) is 5.50. The van der Waals surface area contributed by atoms with Crippen molar-refractivity contribution >= 4 is 17.6 Å². The molecular formula is C16H19N3O3. The summed E-state index contributed by atoms with van der Waals surface area (Å²) in [4.78, 5) is 23.5. The lowest BCUT2D eigenvalue weighted by atomic mass is 10.0. The Kier molecular flexibility index (Phi) is 4.30. The lowest BCUT2D eigenvalue weighted by molar-refractivity contribution is -0.146. The first-order valence-corrected chi connectivity index (χ1v) is 7.04. The summed E-state index contributed by atoms with van der Waals surface area (Å²) in [5.41, 5.74) is 0.850. The van der Waals surface area contributed by atoms with Crippen molar-refractivity contribution in [1.82, 2.24) is 9.78 Å². The second kappa shape index (κ2) is 6.01. The van der Waals surface area contributed by atoms with Crippen molar-refractivity contribution in [2.24, 2.45) is 0 Å². The molecule has 0 fully saturated rings. The zero-order chi connectivity index (χ0) is 16.3. The molecule has 1 heterocycles. The van der Waals surface area contributed by atoms with E-state index in [1.54, 1.807) is 19.9 Å². The minimum Gasteiger partial charge on any atom is -0.479 e. The third kappa shape index (κ3) is 3.00. The Hall–Kier alpha value is -2.63. The average Bonchev–Trinajstić information content (AvgIpc) is 2.96. The molecule has 0 saturated heterocycles. The molecule has 0 aliphatic heterocycles. The number of carbonyl (C=O) groups excluding carboxylic acids is 1. The van der Waals surface area contributed by atoms with Crippen LogP contribution in [0.2, 0.25) is 0 Å². The van der Waals surface area contributed by atoms with Gasteiger partial charge in [-0.2, -0.15) is 5.10 Å². The molecule has 2 rings (SSSR count). The molecular weight excluding hydrogens is 282 g/mol. The van der Waals surface area contributed by atoms with Crippen LogP contribution in [0.5, 0.6) is 0 Å². The van der Waals surface area contributed by atoms with Crippen molar-refractivity contribution < 1.29 is 14.7 Å². The number of carboxylic acids is 1. The molecule has 6 nitrogen and oxygen atoms in total. The summed E-state index contributed by atoms with van der Waals surface area (Å²) < 4.78 is 1.32. The molecule has 0 unspecified atom stereocenters. The normalized spacial score (nSPS) is 11.2. The van der Waals surface area contributed by atoms with Crippen LogP contribution in [0.25, 0.3) is 0 Å². The molecule has 6 heteroatoms. The molecule has 1 aromatic carbocycles. The Balaban J connectivity index is 2.20. The third-order valence-electron chi connectivity index (χ3n) is 3.58. The molecule has 116 valence electrons. The predicted molar refractivity (Wildman–Crippen MR) is 83.0 cm³/mol. The van der Waals surface area contributed by atoms with Crippen LogP contribution in [-0.4, -0.2) is 26.8 Å². The third-order valence-corrected chi connectivity index (χ3v) is 3.58. The lowest BCUT2D eigenvalue weighted by Crippen LogP contribution is -2.35. The van der Waals surface area contributed by atoms with E-state index in [0.717, 1.165) is 12.0 Å². The first kappa shape index (κ1) is 15.8. The number of nitrogens with zero attached hydrogens (tertiary/aromatic N) is 2. The highest BCUT2D eigenvalue weighted by molar-refractivity contribution is 6.05. The van der Waals surface area contributed by atoms with E-state index in [0.29, 0.717) is 11.3 Å². The van der Waals surface area contributed by atoms with Gasteiger partial charge in [0, 0.05) is 11.8 Å². The van der Waals surface area contributed by atoms with Gasteiger partial charge in [-0.25, -0.2) is 4.79 Å². The quantitative estimate of drug-likeness (QED) is 0.888. The summed E-state index contributed by atoms with van der Waals surface area (Å²) in [5, 5.41) is 16.0. The highest BCUT2D eigenvalue weighted by Crippen LogP contribution is 2.18. The summed E-state index contributed by atoms with van der Waals surface area (Å²) in [7, 11) is 0. The average molecular weight is 301 g/mol. The predicted octanol–water partition coefficient (Wildman–Crippen LogP) is 2.52. The number of anilines is 1. The van der Waals surface area contributed by atoms with Crippen LogP contribution in [0.15, 0.2) is 36.7 Å². The van der Waals surface area contributed by atoms with Crippen LogP contribution in [0, 0.1) is 0 Å². The Morgan fingerprint density at radius 2 is 2.00 bits per heavy atom. The lowest BCUT2D eigenvalue weighted by Gasteiger charge is -2.19. The van der Waals surface area contributed by atoms with Gasteiger partial charge in [0.2, 0.25) is 0 Å². The minimum absolute atomic E-state index is 0.231. The van der Waals surface area contributed by atoms with Gasteiger partial charge in [-0.15, -0.1) is 0 Å². The van der Waals surface area contributed by atoms with Gasteiger partial charge in [-0.3, -0.25) is 9.48 Å². The first-order valence-electron chi connectivity index (χ1n) is 7.04. The number of carbonyl (C=O) groups is 2. The molecule has 1 aromatic heterocycles. The topological polar surface area (TPSA) is 84.2 Å². The Labute approximate surface area is 128 Å². The van der Waals surface area contributed by atoms with Gasteiger partial charge in [0.1, 0.15) is 0 Å². The molecule has 0 radical (unpaired) electrons. The monoisotopic (exact) mass is 301 g/mol. The van der Waals surface area contributed by atoms with E-state index in [-0.39, 0.29) is 5.91 Å². The molecule has 0 atom stereocenters. The zero-order valence-electron chi connectivity index (χ0n) is 12.8. The molecule has 0 saturated carbocycles. The van der Waals surface area contributed by atoms with Gasteiger partial charge >= 0.3 is 5.97 Å². The number of carboxylic acid groups (broad SMARTS) is 1. The van der Waals surface area contributed by atoms with E-state index < -0.39 is 11.5 Å². The molecule has 0 spiro atoms. The molecule has 1 amide bonds. The highest BCUT2D eigenvalue weighted by Gasteiger charge is 2.30. The van der Waals surface area contributed by atoms with Crippen LogP contribution in [0.4, 0.5) is 5.69 Å². The van der Waals surface area contributed by atoms with E-state index in [1.807, 2.05) is 25.1 Å². The van der Waals surface area contributed by atoms with Gasteiger partial charge in [0.15, 0.2) is 5.54 Å². The number of nitrogens with one attached hydrogen (secondary N) is 1. The Bertz CT molecular complexity index is 704. The molecule has 0 aliphatic carbocycles. The minimum atomic E-state index is -1.18. The van der Waals surface area contributed by atoms with Gasteiger partial charge in [0.05, 0.1) is 11.9 Å². The number of aromatic nitrogens is 2. The summed E-state index contributed by atoms with van der Waals surface area (Å²) in [5.74, 6) is -1.23. The SMILES string of the molecule is CCc1ccccc1C(=O)Nc1cnn(C(C)(C)C(=O)O)c1. The number of amides is 1. The number of hydrogen-bond donors (Lipinski definition) is 2. The fraction of sp³-hybridized carbons (Fsp3) is 0.312. The van der Waals surface area contributed by atoms with Gasteiger partial charge in [-0.1, -0.05) is 25.1 Å². The molecule has 0 aliphatic rings. The first-order chi connectivity index (χ1) is 10.4. The number of hydrogen-bond acceptors (Lipinski definition) is 3. The molecule has 2 N–H and O–H groups in total. The van der Waals surface area contributed by atoms with E-state index in [9.17, 15) is 14.7 Å².